The number of imidazole rings is 1. The molecule has 0 bridgehead atoms. The Morgan fingerprint density at radius 3 is 2.65 bits per heavy atom. The van der Waals surface area contributed by atoms with Gasteiger partial charge >= 0.3 is 0 Å². The molecule has 0 aliphatic carbocycles. The van der Waals surface area contributed by atoms with Gasteiger partial charge in [-0.25, -0.2) is 9.67 Å². The third-order valence-electron chi connectivity index (χ3n) is 7.54. The number of nitrogens with zero attached hydrogens (tertiary/aromatic N) is 7. The van der Waals surface area contributed by atoms with E-state index in [0.29, 0.717) is 24.4 Å². The van der Waals surface area contributed by atoms with E-state index in [0.717, 1.165) is 33.8 Å². The molecule has 1 amide bonds. The van der Waals surface area contributed by atoms with Gasteiger partial charge in [0.05, 0.1) is 37.6 Å². The summed E-state index contributed by atoms with van der Waals surface area (Å²) in [4.78, 5) is 24.7. The average molecular weight is 534 g/mol. The lowest BCUT2D eigenvalue weighted by atomic mass is 9.79. The molecular weight excluding hydrogens is 502 g/mol. The van der Waals surface area contributed by atoms with Crippen molar-refractivity contribution >= 4 is 11.6 Å². The number of anilines is 1. The van der Waals surface area contributed by atoms with E-state index >= 15 is 0 Å². The van der Waals surface area contributed by atoms with Crippen LogP contribution in [0.2, 0.25) is 0 Å². The van der Waals surface area contributed by atoms with Crippen LogP contribution < -0.4 is 9.64 Å². The molecule has 0 saturated heterocycles. The van der Waals surface area contributed by atoms with Gasteiger partial charge in [-0.3, -0.25) is 9.78 Å². The van der Waals surface area contributed by atoms with Crippen LogP contribution in [0.4, 0.5) is 5.69 Å². The Morgan fingerprint density at radius 1 is 1.05 bits per heavy atom. The van der Waals surface area contributed by atoms with Crippen molar-refractivity contribution in [2.45, 2.75) is 45.2 Å². The molecule has 4 heterocycles. The Bertz CT molecular complexity index is 1670. The zero-order valence-electron chi connectivity index (χ0n) is 23.0. The SMILES string of the molecule is COc1cc(-c2cn(C3CC(C)(C)c4ccccc4N(Cc4cccnc4)C3=O)nn2)ccc1-n1cnc(C)c1. The first-order chi connectivity index (χ1) is 19.3. The van der Waals surface area contributed by atoms with Gasteiger partial charge in [0.25, 0.3) is 5.91 Å². The maximum atomic E-state index is 14.2. The standard InChI is InChI=1S/C31H31N7O2/c1-21-17-36(20-33-21)27-12-11-23(14-29(27)40-4)25-19-38(35-34-25)28-15-31(2,3)24-9-5-6-10-26(24)37(30(28)39)18-22-8-7-13-32-16-22/h5-14,16-17,19-20,28H,15,18H2,1-4H3. The van der Waals surface area contributed by atoms with E-state index in [1.54, 1.807) is 30.5 Å². The van der Waals surface area contributed by atoms with Crippen molar-refractivity contribution in [1.82, 2.24) is 29.5 Å². The number of hydrogen-bond acceptors (Lipinski definition) is 6. The highest BCUT2D eigenvalue weighted by molar-refractivity contribution is 5.98. The molecule has 0 radical (unpaired) electrons. The van der Waals surface area contributed by atoms with Crippen molar-refractivity contribution in [1.29, 1.82) is 0 Å². The number of aryl methyl sites for hydroxylation is 1. The van der Waals surface area contributed by atoms with Gasteiger partial charge < -0.3 is 14.2 Å². The topological polar surface area (TPSA) is 91.0 Å². The lowest BCUT2D eigenvalue weighted by Crippen LogP contribution is -2.36. The summed E-state index contributed by atoms with van der Waals surface area (Å²) in [5, 5.41) is 8.94. The van der Waals surface area contributed by atoms with Gasteiger partial charge in [0.1, 0.15) is 17.5 Å². The fraction of sp³-hybridized carbons (Fsp3) is 0.258. The van der Waals surface area contributed by atoms with Crippen LogP contribution >= 0.6 is 0 Å². The number of rotatable bonds is 6. The van der Waals surface area contributed by atoms with Crippen LogP contribution in [-0.2, 0) is 16.8 Å². The molecule has 3 aromatic heterocycles. The predicted octanol–water partition coefficient (Wildman–Crippen LogP) is 5.30. The number of hydrogen-bond donors (Lipinski definition) is 0. The minimum absolute atomic E-state index is 0.0262. The third kappa shape index (κ3) is 4.64. The molecule has 0 fully saturated rings. The van der Waals surface area contributed by atoms with Crippen LogP contribution in [0.3, 0.4) is 0 Å². The average Bonchev–Trinajstić information content (AvgIpc) is 3.62. The molecule has 202 valence electrons. The number of methoxy groups -OCH3 is 1. The summed E-state index contributed by atoms with van der Waals surface area (Å²) in [5.41, 5.74) is 6.04. The molecular formula is C31H31N7O2. The highest BCUT2D eigenvalue weighted by atomic mass is 16.5. The molecule has 5 aromatic rings. The predicted molar refractivity (Wildman–Crippen MR) is 152 cm³/mol. The lowest BCUT2D eigenvalue weighted by molar-refractivity contribution is -0.122. The Labute approximate surface area is 233 Å². The number of para-hydroxylation sites is 1. The summed E-state index contributed by atoms with van der Waals surface area (Å²) in [5.74, 6) is 0.663. The molecule has 2 aromatic carbocycles. The largest absolute Gasteiger partial charge is 0.495 e. The van der Waals surface area contributed by atoms with Gasteiger partial charge in [-0.15, -0.1) is 5.10 Å². The molecule has 0 N–H and O–H groups in total. The van der Waals surface area contributed by atoms with E-state index in [-0.39, 0.29) is 11.3 Å². The zero-order valence-corrected chi connectivity index (χ0v) is 23.0. The summed E-state index contributed by atoms with van der Waals surface area (Å²) < 4.78 is 9.33. The number of aromatic nitrogens is 6. The highest BCUT2D eigenvalue weighted by Gasteiger charge is 2.40. The van der Waals surface area contributed by atoms with E-state index in [2.05, 4.69) is 40.2 Å². The first-order valence-electron chi connectivity index (χ1n) is 13.2. The molecule has 0 spiro atoms. The number of pyridine rings is 1. The quantitative estimate of drug-likeness (QED) is 0.294. The van der Waals surface area contributed by atoms with Gasteiger partial charge in [0.15, 0.2) is 0 Å². The van der Waals surface area contributed by atoms with Crippen molar-refractivity contribution in [3.05, 3.63) is 103 Å². The maximum absolute atomic E-state index is 14.2. The smallest absolute Gasteiger partial charge is 0.252 e. The molecule has 1 aliphatic rings. The second kappa shape index (κ2) is 10.1. The molecule has 9 nitrogen and oxygen atoms in total. The van der Waals surface area contributed by atoms with Crippen LogP contribution in [0, 0.1) is 6.92 Å². The molecule has 40 heavy (non-hydrogen) atoms. The Kier molecular flexibility index (Phi) is 6.42. The van der Waals surface area contributed by atoms with Crippen LogP contribution in [0.15, 0.2) is 85.7 Å². The lowest BCUT2D eigenvalue weighted by Gasteiger charge is -2.27. The Balaban J connectivity index is 1.37. The number of fused-ring (bicyclic) bond motifs is 1. The van der Waals surface area contributed by atoms with E-state index < -0.39 is 6.04 Å². The normalized spacial score (nSPS) is 16.4. The van der Waals surface area contributed by atoms with Crippen LogP contribution in [0.1, 0.15) is 43.1 Å². The Morgan fingerprint density at radius 2 is 1.90 bits per heavy atom. The second-order valence-corrected chi connectivity index (χ2v) is 10.8. The first kappa shape index (κ1) is 25.5. The summed E-state index contributed by atoms with van der Waals surface area (Å²) in [7, 11) is 1.64. The Hall–Kier alpha value is -4.79. The van der Waals surface area contributed by atoms with Crippen molar-refractivity contribution in [3.63, 3.8) is 0 Å². The number of benzene rings is 2. The second-order valence-electron chi connectivity index (χ2n) is 10.8. The highest BCUT2D eigenvalue weighted by Crippen LogP contribution is 2.43. The van der Waals surface area contributed by atoms with E-state index in [4.69, 9.17) is 4.74 Å². The van der Waals surface area contributed by atoms with Crippen LogP contribution in [-0.4, -0.2) is 42.5 Å². The van der Waals surface area contributed by atoms with E-state index in [9.17, 15) is 4.79 Å². The van der Waals surface area contributed by atoms with E-state index in [1.165, 1.54) is 0 Å². The summed E-state index contributed by atoms with van der Waals surface area (Å²) in [6.45, 7) is 6.73. The molecule has 6 rings (SSSR count). The van der Waals surface area contributed by atoms with Gasteiger partial charge in [-0.05, 0) is 54.2 Å². The van der Waals surface area contributed by atoms with Gasteiger partial charge in [0, 0.05) is 29.8 Å². The molecule has 9 heteroatoms. The van der Waals surface area contributed by atoms with Crippen LogP contribution in [0.5, 0.6) is 5.75 Å². The fourth-order valence-electron chi connectivity index (χ4n) is 5.47. The van der Waals surface area contributed by atoms with Crippen molar-refractivity contribution in [3.8, 4) is 22.7 Å². The van der Waals surface area contributed by atoms with Crippen molar-refractivity contribution in [2.24, 2.45) is 0 Å². The summed E-state index contributed by atoms with van der Waals surface area (Å²) in [6.07, 6.45) is 9.68. The maximum Gasteiger partial charge on any atom is 0.252 e. The third-order valence-corrected chi connectivity index (χ3v) is 7.54. The molecule has 0 saturated carbocycles. The van der Waals surface area contributed by atoms with Gasteiger partial charge in [-0.2, -0.15) is 0 Å². The summed E-state index contributed by atoms with van der Waals surface area (Å²) in [6, 6.07) is 17.4. The van der Waals surface area contributed by atoms with Gasteiger partial charge in [0.2, 0.25) is 0 Å². The number of carbonyl (C=O) groups excluding carboxylic acids is 1. The molecule has 1 atom stereocenters. The van der Waals surface area contributed by atoms with Gasteiger partial charge in [-0.1, -0.05) is 49.4 Å². The number of carbonyl (C=O) groups is 1. The molecule has 1 aliphatic heterocycles. The van der Waals surface area contributed by atoms with E-state index in [1.807, 2.05) is 77.3 Å². The monoisotopic (exact) mass is 533 g/mol. The molecule has 1 unspecified atom stereocenters. The first-order valence-corrected chi connectivity index (χ1v) is 13.2. The van der Waals surface area contributed by atoms with Crippen LogP contribution in [0.25, 0.3) is 16.9 Å². The fourth-order valence-corrected chi connectivity index (χ4v) is 5.47. The zero-order chi connectivity index (χ0) is 27.9. The van der Waals surface area contributed by atoms with Crippen molar-refractivity contribution in [2.75, 3.05) is 12.0 Å². The minimum atomic E-state index is -0.532. The number of amides is 1. The summed E-state index contributed by atoms with van der Waals surface area (Å²) >= 11 is 0. The van der Waals surface area contributed by atoms with Crippen molar-refractivity contribution < 1.29 is 9.53 Å². The minimum Gasteiger partial charge on any atom is -0.495 e. The number of ether oxygens (including phenoxy) is 1.